The van der Waals surface area contributed by atoms with E-state index in [1.807, 2.05) is 20.8 Å². The molecule has 1 N–H and O–H groups in total. The summed E-state index contributed by atoms with van der Waals surface area (Å²) in [5.74, 6) is -0.418. The lowest BCUT2D eigenvalue weighted by atomic mass is 10.1. The summed E-state index contributed by atoms with van der Waals surface area (Å²) < 4.78 is 1.74. The standard InChI is InChI=1S/C13H19ClN4O2/c1-4-9-13(20)17(11(19)6-15-9)7-10-12(14)8(3)16-18(10)5-2/h9,15H,4-7H2,1-3H3. The first-order valence-corrected chi connectivity index (χ1v) is 7.16. The van der Waals surface area contributed by atoms with E-state index in [0.29, 0.717) is 29.4 Å². The highest BCUT2D eigenvalue weighted by molar-refractivity contribution is 6.31. The highest BCUT2D eigenvalue weighted by Gasteiger charge is 2.34. The molecule has 1 aromatic rings. The quantitative estimate of drug-likeness (QED) is 0.845. The van der Waals surface area contributed by atoms with Crippen molar-refractivity contribution in [2.24, 2.45) is 0 Å². The second-order valence-electron chi connectivity index (χ2n) is 4.82. The van der Waals surface area contributed by atoms with Crippen LogP contribution in [0.25, 0.3) is 0 Å². The number of aryl methyl sites for hydroxylation is 2. The summed E-state index contributed by atoms with van der Waals surface area (Å²) in [5, 5.41) is 7.77. The number of piperazine rings is 1. The Labute approximate surface area is 123 Å². The third-order valence-electron chi connectivity index (χ3n) is 3.53. The van der Waals surface area contributed by atoms with E-state index in [2.05, 4.69) is 10.4 Å². The van der Waals surface area contributed by atoms with Crippen LogP contribution < -0.4 is 5.32 Å². The number of amides is 2. The van der Waals surface area contributed by atoms with Crippen LogP contribution in [0.3, 0.4) is 0 Å². The molecule has 6 nitrogen and oxygen atoms in total. The van der Waals surface area contributed by atoms with Crippen LogP contribution in [0.15, 0.2) is 0 Å². The zero-order valence-electron chi connectivity index (χ0n) is 11.9. The van der Waals surface area contributed by atoms with Gasteiger partial charge in [-0.3, -0.25) is 24.5 Å². The fourth-order valence-corrected chi connectivity index (χ4v) is 2.55. The summed E-state index contributed by atoms with van der Waals surface area (Å²) in [6, 6.07) is -0.300. The van der Waals surface area contributed by atoms with E-state index in [1.54, 1.807) is 4.68 Å². The molecule has 0 radical (unpaired) electrons. The molecule has 0 aromatic carbocycles. The van der Waals surface area contributed by atoms with Crippen molar-refractivity contribution in [3.05, 3.63) is 16.4 Å². The molecule has 110 valence electrons. The van der Waals surface area contributed by atoms with Crippen molar-refractivity contribution in [3.8, 4) is 0 Å². The third kappa shape index (κ3) is 2.58. The van der Waals surface area contributed by atoms with Gasteiger partial charge in [0.15, 0.2) is 0 Å². The molecule has 0 saturated carbocycles. The molecule has 1 fully saturated rings. The van der Waals surface area contributed by atoms with Gasteiger partial charge in [-0.15, -0.1) is 0 Å². The van der Waals surface area contributed by atoms with Gasteiger partial charge in [-0.25, -0.2) is 0 Å². The Bertz CT molecular complexity index is 541. The molecule has 0 spiro atoms. The zero-order valence-corrected chi connectivity index (χ0v) is 12.7. The molecule has 2 amide bonds. The fourth-order valence-electron chi connectivity index (χ4n) is 2.36. The van der Waals surface area contributed by atoms with Gasteiger partial charge >= 0.3 is 0 Å². The molecule has 0 aliphatic carbocycles. The van der Waals surface area contributed by atoms with Crippen molar-refractivity contribution in [3.63, 3.8) is 0 Å². The molecule has 7 heteroatoms. The van der Waals surface area contributed by atoms with Crippen molar-refractivity contribution in [1.82, 2.24) is 20.0 Å². The second kappa shape index (κ2) is 5.93. The van der Waals surface area contributed by atoms with Crippen LogP contribution in [0.4, 0.5) is 0 Å². The second-order valence-corrected chi connectivity index (χ2v) is 5.20. The smallest absolute Gasteiger partial charge is 0.246 e. The van der Waals surface area contributed by atoms with Crippen LogP contribution in [0.2, 0.25) is 5.02 Å². The molecule has 1 aliphatic heterocycles. The summed E-state index contributed by atoms with van der Waals surface area (Å²) >= 11 is 6.23. The molecule has 2 rings (SSSR count). The van der Waals surface area contributed by atoms with Gasteiger partial charge in [0.1, 0.15) is 0 Å². The molecule has 1 unspecified atom stereocenters. The first-order valence-electron chi connectivity index (χ1n) is 6.78. The summed E-state index contributed by atoms with van der Waals surface area (Å²) in [7, 11) is 0. The number of hydrogen-bond donors (Lipinski definition) is 1. The molecular weight excluding hydrogens is 280 g/mol. The van der Waals surface area contributed by atoms with Crippen molar-refractivity contribution < 1.29 is 9.59 Å². The first-order chi connectivity index (χ1) is 9.49. The lowest BCUT2D eigenvalue weighted by Gasteiger charge is -2.31. The van der Waals surface area contributed by atoms with E-state index in [0.717, 1.165) is 0 Å². The Morgan fingerprint density at radius 3 is 2.70 bits per heavy atom. The lowest BCUT2D eigenvalue weighted by molar-refractivity contribution is -0.150. The zero-order chi connectivity index (χ0) is 14.9. The number of nitrogens with zero attached hydrogens (tertiary/aromatic N) is 3. The molecular formula is C13H19ClN4O2. The van der Waals surface area contributed by atoms with Gasteiger partial charge in [-0.1, -0.05) is 18.5 Å². The normalized spacial score (nSPS) is 19.8. The highest BCUT2D eigenvalue weighted by atomic mass is 35.5. The van der Waals surface area contributed by atoms with Crippen molar-refractivity contribution >= 4 is 23.4 Å². The molecule has 1 aromatic heterocycles. The van der Waals surface area contributed by atoms with E-state index < -0.39 is 0 Å². The van der Waals surface area contributed by atoms with Gasteiger partial charge in [0.05, 0.1) is 35.5 Å². The topological polar surface area (TPSA) is 67.2 Å². The fraction of sp³-hybridized carbons (Fsp3) is 0.615. The largest absolute Gasteiger partial charge is 0.297 e. The number of nitrogens with one attached hydrogen (secondary N) is 1. The number of aromatic nitrogens is 2. The van der Waals surface area contributed by atoms with Crippen LogP contribution in [0, 0.1) is 6.92 Å². The predicted molar refractivity (Wildman–Crippen MR) is 75.3 cm³/mol. The van der Waals surface area contributed by atoms with Crippen molar-refractivity contribution in [2.75, 3.05) is 6.54 Å². The van der Waals surface area contributed by atoms with Gasteiger partial charge in [0.2, 0.25) is 11.8 Å². The Hall–Kier alpha value is -1.40. The Morgan fingerprint density at radius 1 is 1.40 bits per heavy atom. The summed E-state index contributed by atoms with van der Waals surface area (Å²) in [5.41, 5.74) is 1.43. The van der Waals surface area contributed by atoms with Crippen LogP contribution in [-0.2, 0) is 22.7 Å². The Morgan fingerprint density at radius 2 is 2.10 bits per heavy atom. The number of rotatable bonds is 4. The Balaban J connectivity index is 2.28. The van der Waals surface area contributed by atoms with Gasteiger partial charge in [-0.2, -0.15) is 5.10 Å². The molecule has 1 atom stereocenters. The number of hydrogen-bond acceptors (Lipinski definition) is 4. The van der Waals surface area contributed by atoms with E-state index in [-0.39, 0.29) is 30.9 Å². The van der Waals surface area contributed by atoms with E-state index in [1.165, 1.54) is 4.90 Å². The molecule has 1 aliphatic rings. The minimum absolute atomic E-state index is 0.182. The Kier molecular flexibility index (Phi) is 4.45. The predicted octanol–water partition coefficient (Wildman–Crippen LogP) is 1.10. The molecule has 0 bridgehead atoms. The van der Waals surface area contributed by atoms with Gasteiger partial charge in [-0.05, 0) is 20.3 Å². The number of halogens is 1. The van der Waals surface area contributed by atoms with Gasteiger partial charge in [0.25, 0.3) is 0 Å². The van der Waals surface area contributed by atoms with Crippen LogP contribution >= 0.6 is 11.6 Å². The maximum Gasteiger partial charge on any atom is 0.246 e. The number of carbonyl (C=O) groups is 2. The van der Waals surface area contributed by atoms with E-state index in [9.17, 15) is 9.59 Å². The van der Waals surface area contributed by atoms with Crippen molar-refractivity contribution in [2.45, 2.75) is 46.3 Å². The summed E-state index contributed by atoms with van der Waals surface area (Å²) in [6.45, 7) is 6.69. The number of carbonyl (C=O) groups excluding carboxylic acids is 2. The molecule has 2 heterocycles. The average Bonchev–Trinajstić information content (AvgIpc) is 2.70. The monoisotopic (exact) mass is 298 g/mol. The van der Waals surface area contributed by atoms with Crippen molar-refractivity contribution in [1.29, 1.82) is 0 Å². The molecule has 20 heavy (non-hydrogen) atoms. The molecule has 1 saturated heterocycles. The van der Waals surface area contributed by atoms with Crippen LogP contribution in [0.5, 0.6) is 0 Å². The SMILES string of the molecule is CCC1NCC(=O)N(Cc2c(Cl)c(C)nn2CC)C1=O. The van der Waals surface area contributed by atoms with Gasteiger partial charge in [0, 0.05) is 6.54 Å². The number of imide groups is 1. The van der Waals surface area contributed by atoms with Gasteiger partial charge < -0.3 is 0 Å². The third-order valence-corrected chi connectivity index (χ3v) is 4.03. The summed E-state index contributed by atoms with van der Waals surface area (Å²) in [4.78, 5) is 25.5. The first kappa shape index (κ1) is 15.0. The minimum Gasteiger partial charge on any atom is -0.297 e. The summed E-state index contributed by atoms with van der Waals surface area (Å²) in [6.07, 6.45) is 0.655. The highest BCUT2D eigenvalue weighted by Crippen LogP contribution is 2.23. The maximum atomic E-state index is 12.3. The minimum atomic E-state index is -0.300. The van der Waals surface area contributed by atoms with E-state index in [4.69, 9.17) is 11.6 Å². The maximum absolute atomic E-state index is 12.3. The van der Waals surface area contributed by atoms with Crippen LogP contribution in [-0.4, -0.2) is 39.1 Å². The average molecular weight is 299 g/mol. The van der Waals surface area contributed by atoms with E-state index >= 15 is 0 Å². The van der Waals surface area contributed by atoms with Crippen LogP contribution in [0.1, 0.15) is 31.7 Å². The lowest BCUT2D eigenvalue weighted by Crippen LogP contribution is -2.57.